The molecular formula is C19H31N. The van der Waals surface area contributed by atoms with Crippen LogP contribution in [0, 0.1) is 19.8 Å². The van der Waals surface area contributed by atoms with Gasteiger partial charge in [0.05, 0.1) is 5.69 Å². The van der Waals surface area contributed by atoms with E-state index in [4.69, 9.17) is 4.99 Å². The van der Waals surface area contributed by atoms with Crippen molar-refractivity contribution in [3.63, 3.8) is 0 Å². The molecule has 112 valence electrons. The van der Waals surface area contributed by atoms with Gasteiger partial charge in [0.25, 0.3) is 0 Å². The minimum atomic E-state index is 0.646. The van der Waals surface area contributed by atoms with E-state index < -0.39 is 0 Å². The maximum absolute atomic E-state index is 5.01. The molecule has 0 aliphatic heterocycles. The molecule has 0 heterocycles. The summed E-state index contributed by atoms with van der Waals surface area (Å²) in [6, 6.07) is 6.62. The Kier molecular flexibility index (Phi) is 7.58. The first-order valence-electron chi connectivity index (χ1n) is 8.26. The third-order valence-electron chi connectivity index (χ3n) is 3.97. The average Bonchev–Trinajstić information content (AvgIpc) is 2.39. The average molecular weight is 273 g/mol. The maximum atomic E-state index is 5.01. The van der Waals surface area contributed by atoms with Gasteiger partial charge < -0.3 is 0 Å². The van der Waals surface area contributed by atoms with Gasteiger partial charge in [0.1, 0.15) is 0 Å². The second kappa shape index (κ2) is 8.94. The number of nitrogens with zero attached hydrogens (tertiary/aromatic N) is 1. The van der Waals surface area contributed by atoms with Gasteiger partial charge in [-0.2, -0.15) is 0 Å². The largest absolute Gasteiger partial charge is 0.258 e. The monoisotopic (exact) mass is 273 g/mol. The molecule has 0 aliphatic rings. The van der Waals surface area contributed by atoms with Crippen LogP contribution >= 0.6 is 0 Å². The first-order valence-corrected chi connectivity index (χ1v) is 8.26. The number of aryl methyl sites for hydroxylation is 2. The van der Waals surface area contributed by atoms with Crippen molar-refractivity contribution in [3.05, 3.63) is 29.3 Å². The molecule has 0 spiro atoms. The number of unbranched alkanes of at least 4 members (excludes halogenated alkanes) is 2. The second-order valence-corrected chi connectivity index (χ2v) is 5.92. The summed E-state index contributed by atoms with van der Waals surface area (Å²) >= 11 is 0. The SMILES string of the molecule is CCCCCC(=Nc1cc(C)cc(C)c1)C(CC)CC. The number of hydrogen-bond acceptors (Lipinski definition) is 1. The predicted molar refractivity (Wildman–Crippen MR) is 91.2 cm³/mol. The summed E-state index contributed by atoms with van der Waals surface area (Å²) in [5, 5.41) is 0. The van der Waals surface area contributed by atoms with Crippen molar-refractivity contribution in [2.24, 2.45) is 10.9 Å². The van der Waals surface area contributed by atoms with Crippen molar-refractivity contribution in [1.82, 2.24) is 0 Å². The van der Waals surface area contributed by atoms with Crippen LogP contribution in [0.4, 0.5) is 5.69 Å². The van der Waals surface area contributed by atoms with Crippen LogP contribution in [0.2, 0.25) is 0 Å². The summed E-state index contributed by atoms with van der Waals surface area (Å²) in [6.07, 6.45) is 7.42. The lowest BCUT2D eigenvalue weighted by atomic mass is 9.93. The van der Waals surface area contributed by atoms with E-state index >= 15 is 0 Å². The summed E-state index contributed by atoms with van der Waals surface area (Å²) in [4.78, 5) is 5.01. The lowest BCUT2D eigenvalue weighted by Crippen LogP contribution is -2.12. The Hall–Kier alpha value is -1.11. The van der Waals surface area contributed by atoms with Crippen LogP contribution in [0.1, 0.15) is 70.4 Å². The van der Waals surface area contributed by atoms with Crippen molar-refractivity contribution >= 4 is 11.4 Å². The van der Waals surface area contributed by atoms with Crippen LogP contribution in [0.3, 0.4) is 0 Å². The second-order valence-electron chi connectivity index (χ2n) is 5.92. The summed E-state index contributed by atoms with van der Waals surface area (Å²) in [6.45, 7) is 11.1. The highest BCUT2D eigenvalue weighted by Crippen LogP contribution is 2.22. The number of aliphatic imine (C=N–C) groups is 1. The molecule has 1 aromatic carbocycles. The van der Waals surface area contributed by atoms with Crippen LogP contribution in [0.5, 0.6) is 0 Å². The Balaban J connectivity index is 2.97. The molecule has 0 amide bonds. The third kappa shape index (κ3) is 5.48. The van der Waals surface area contributed by atoms with E-state index in [9.17, 15) is 0 Å². The topological polar surface area (TPSA) is 12.4 Å². The summed E-state index contributed by atoms with van der Waals surface area (Å²) < 4.78 is 0. The molecule has 0 saturated carbocycles. The van der Waals surface area contributed by atoms with Crippen molar-refractivity contribution in [2.45, 2.75) is 73.1 Å². The first kappa shape index (κ1) is 16.9. The van der Waals surface area contributed by atoms with E-state index in [1.165, 1.54) is 48.9 Å². The van der Waals surface area contributed by atoms with Gasteiger partial charge in [0.15, 0.2) is 0 Å². The highest BCUT2D eigenvalue weighted by atomic mass is 14.8. The van der Waals surface area contributed by atoms with E-state index in [1.807, 2.05) is 0 Å². The smallest absolute Gasteiger partial charge is 0.0634 e. The van der Waals surface area contributed by atoms with Crippen molar-refractivity contribution in [2.75, 3.05) is 0 Å². The molecule has 0 aromatic heterocycles. The van der Waals surface area contributed by atoms with Crippen LogP contribution in [-0.2, 0) is 0 Å². The molecule has 1 nitrogen and oxygen atoms in total. The molecule has 0 atom stereocenters. The number of rotatable bonds is 8. The quantitative estimate of drug-likeness (QED) is 0.384. The minimum absolute atomic E-state index is 0.646. The fourth-order valence-corrected chi connectivity index (χ4v) is 2.85. The molecule has 1 aromatic rings. The molecule has 0 radical (unpaired) electrons. The fourth-order valence-electron chi connectivity index (χ4n) is 2.85. The lowest BCUT2D eigenvalue weighted by Gasteiger charge is -2.16. The summed E-state index contributed by atoms with van der Waals surface area (Å²) in [5.74, 6) is 0.646. The molecule has 0 fully saturated rings. The molecule has 0 aliphatic carbocycles. The van der Waals surface area contributed by atoms with Gasteiger partial charge in [-0.3, -0.25) is 4.99 Å². The zero-order valence-electron chi connectivity index (χ0n) is 14.0. The van der Waals surface area contributed by atoms with Crippen LogP contribution < -0.4 is 0 Å². The molecule has 0 saturated heterocycles. The lowest BCUT2D eigenvalue weighted by molar-refractivity contribution is 0.618. The van der Waals surface area contributed by atoms with Gasteiger partial charge in [-0.05, 0) is 68.7 Å². The van der Waals surface area contributed by atoms with E-state index in [0.29, 0.717) is 5.92 Å². The molecule has 0 bridgehead atoms. The van der Waals surface area contributed by atoms with Crippen molar-refractivity contribution in [1.29, 1.82) is 0 Å². The van der Waals surface area contributed by atoms with Crippen LogP contribution in [0.15, 0.2) is 23.2 Å². The highest BCUT2D eigenvalue weighted by Gasteiger charge is 2.12. The predicted octanol–water partition coefficient (Wildman–Crippen LogP) is 6.39. The summed E-state index contributed by atoms with van der Waals surface area (Å²) in [7, 11) is 0. The molecule has 1 heteroatoms. The number of hydrogen-bond donors (Lipinski definition) is 0. The van der Waals surface area contributed by atoms with Gasteiger partial charge in [0, 0.05) is 5.71 Å². The van der Waals surface area contributed by atoms with Crippen LogP contribution in [0.25, 0.3) is 0 Å². The minimum Gasteiger partial charge on any atom is -0.258 e. The summed E-state index contributed by atoms with van der Waals surface area (Å²) in [5.41, 5.74) is 5.16. The van der Waals surface area contributed by atoms with Gasteiger partial charge in [-0.25, -0.2) is 0 Å². The molecular weight excluding hydrogens is 242 g/mol. The van der Waals surface area contributed by atoms with Gasteiger partial charge in [0.2, 0.25) is 0 Å². The van der Waals surface area contributed by atoms with Crippen molar-refractivity contribution < 1.29 is 0 Å². The molecule has 0 N–H and O–H groups in total. The van der Waals surface area contributed by atoms with E-state index in [0.717, 1.165) is 12.1 Å². The molecule has 20 heavy (non-hydrogen) atoms. The highest BCUT2D eigenvalue weighted by molar-refractivity contribution is 5.89. The van der Waals surface area contributed by atoms with E-state index in [1.54, 1.807) is 0 Å². The fraction of sp³-hybridized carbons (Fsp3) is 0.632. The van der Waals surface area contributed by atoms with E-state index in [2.05, 4.69) is 52.8 Å². The Morgan fingerprint density at radius 3 is 2.05 bits per heavy atom. The van der Waals surface area contributed by atoms with Crippen molar-refractivity contribution in [3.8, 4) is 0 Å². The van der Waals surface area contributed by atoms with Gasteiger partial charge >= 0.3 is 0 Å². The van der Waals surface area contributed by atoms with Crippen LogP contribution in [-0.4, -0.2) is 5.71 Å². The maximum Gasteiger partial charge on any atom is 0.0634 e. The van der Waals surface area contributed by atoms with Gasteiger partial charge in [-0.1, -0.05) is 39.7 Å². The Morgan fingerprint density at radius 1 is 0.950 bits per heavy atom. The Morgan fingerprint density at radius 2 is 1.55 bits per heavy atom. The zero-order chi connectivity index (χ0) is 15.0. The first-order chi connectivity index (χ1) is 9.60. The molecule has 1 rings (SSSR count). The normalized spacial score (nSPS) is 12.2. The zero-order valence-corrected chi connectivity index (χ0v) is 14.0. The standard InChI is InChI=1S/C19H31N/c1-6-9-10-11-19(17(7-2)8-3)20-18-13-15(4)12-16(5)14-18/h12-14,17H,6-11H2,1-5H3. The number of benzene rings is 1. The Labute approximate surface area is 125 Å². The Bertz CT molecular complexity index is 407. The van der Waals surface area contributed by atoms with Gasteiger partial charge in [-0.15, -0.1) is 0 Å². The van der Waals surface area contributed by atoms with E-state index in [-0.39, 0.29) is 0 Å². The third-order valence-corrected chi connectivity index (χ3v) is 3.97. The molecule has 0 unspecified atom stereocenters.